The molecule has 3 saturated carbocycles. The summed E-state index contributed by atoms with van der Waals surface area (Å²) in [5.41, 5.74) is -7.04. The quantitative estimate of drug-likeness (QED) is 0.160. The van der Waals surface area contributed by atoms with Gasteiger partial charge in [-0.05, 0) is 105 Å². The first kappa shape index (κ1) is 37.9. The highest BCUT2D eigenvalue weighted by Crippen LogP contribution is 2.80. The van der Waals surface area contributed by atoms with Crippen LogP contribution in [0.4, 0.5) is 0 Å². The van der Waals surface area contributed by atoms with E-state index < -0.39 is 62.9 Å². The fourth-order valence-corrected chi connectivity index (χ4v) is 14.9. The number of allylic oxidation sites excluding steroid dienone is 1. The van der Waals surface area contributed by atoms with E-state index in [-0.39, 0.29) is 53.9 Å². The summed E-state index contributed by atoms with van der Waals surface area (Å²) in [6.07, 6.45) is 2.08. The predicted octanol–water partition coefficient (Wildman–Crippen LogP) is 2.62. The molecule has 0 aromatic carbocycles. The van der Waals surface area contributed by atoms with Gasteiger partial charge in [-0.3, -0.25) is 14.9 Å². The lowest BCUT2D eigenvalue weighted by molar-refractivity contribution is -0.229. The molecule has 17 atom stereocenters. The molecule has 3 saturated heterocycles. The van der Waals surface area contributed by atoms with Gasteiger partial charge in [0.25, 0.3) is 0 Å². The van der Waals surface area contributed by atoms with Crippen LogP contribution in [0.3, 0.4) is 0 Å². The summed E-state index contributed by atoms with van der Waals surface area (Å²) in [6, 6.07) is -0.0985. The maximum atomic E-state index is 15.1. The monoisotopic (exact) mass is 772 g/mol. The van der Waals surface area contributed by atoms with Crippen molar-refractivity contribution in [2.75, 3.05) is 26.9 Å². The van der Waals surface area contributed by atoms with Crippen LogP contribution in [0.25, 0.3) is 0 Å². The molecule has 11 nitrogen and oxygen atoms in total. The Morgan fingerprint density at radius 3 is 2.59 bits per heavy atom. The zero-order chi connectivity index (χ0) is 39.4. The lowest BCUT2D eigenvalue weighted by atomic mass is 9.36. The molecule has 0 unspecified atom stereocenters. The number of hydrogen-bond donors (Lipinski definition) is 5. The van der Waals surface area contributed by atoms with Crippen LogP contribution in [0.2, 0.25) is 0 Å². The molecule has 56 heavy (non-hydrogen) atoms. The Balaban J connectivity index is 1.18. The number of rotatable bonds is 5. The Bertz CT molecular complexity index is 1910. The predicted molar refractivity (Wildman–Crippen MR) is 203 cm³/mol. The maximum Gasteiger partial charge on any atom is 0.244 e. The van der Waals surface area contributed by atoms with E-state index in [1.54, 1.807) is 14.0 Å². The Morgan fingerprint density at radius 2 is 1.80 bits per heavy atom. The van der Waals surface area contributed by atoms with Gasteiger partial charge in [0, 0.05) is 51.0 Å². The van der Waals surface area contributed by atoms with Crippen molar-refractivity contribution in [3.8, 4) is 23.7 Å². The van der Waals surface area contributed by atoms with Crippen molar-refractivity contribution < 1.29 is 44.2 Å². The summed E-state index contributed by atoms with van der Waals surface area (Å²) in [7, 11) is 1.69. The van der Waals surface area contributed by atoms with Crippen molar-refractivity contribution in [1.29, 1.82) is 0 Å². The van der Waals surface area contributed by atoms with E-state index in [9.17, 15) is 25.2 Å². The van der Waals surface area contributed by atoms with Gasteiger partial charge in [-0.1, -0.05) is 32.6 Å². The minimum atomic E-state index is -1.89. The van der Waals surface area contributed by atoms with Gasteiger partial charge in [0.1, 0.15) is 29.6 Å². The minimum Gasteiger partial charge on any atom is -0.387 e. The molecule has 11 aliphatic rings. The Labute approximate surface area is 330 Å². The van der Waals surface area contributed by atoms with Gasteiger partial charge in [0.15, 0.2) is 5.78 Å². The van der Waals surface area contributed by atoms with Gasteiger partial charge in [-0.25, -0.2) is 0 Å². The van der Waals surface area contributed by atoms with E-state index in [1.807, 2.05) is 18.7 Å². The third-order valence-electron chi connectivity index (χ3n) is 18.2. The molecular weight excluding hydrogens is 713 g/mol. The number of Topliss-reactive ketones (excluding diaryl/α,β-unsaturated/α-hetero) is 1. The average Bonchev–Trinajstić information content (AvgIpc) is 3.81. The molecule has 5 N–H and O–H groups in total. The number of carbonyl (C=O) groups excluding carboxylic acids is 2. The van der Waals surface area contributed by atoms with E-state index in [4.69, 9.17) is 14.2 Å². The Hall–Kier alpha value is -2.32. The SMILES string of the molecule is COCCCO[C@H]1CC[C@@]2(C)[C@@H](C1)C(=O)C1=C3[C@@]24C#CC[C@@H]2CN2C(=O)[C@@]25CC#C[C@@]6(C[C@H](CC1)[C@]3(O)[C@]6(C)CC4)[C@](C)(O)[C@H](O)[C@H]1O[C@@H]([C@H](C2)[C@H]1C)[C@H](O)N5. The van der Waals surface area contributed by atoms with Crippen LogP contribution in [-0.4, -0.2) is 117 Å². The number of aliphatic hydroxyl groups is 4. The van der Waals surface area contributed by atoms with Crippen molar-refractivity contribution in [3.05, 3.63) is 11.1 Å². The molecule has 6 fully saturated rings. The fourth-order valence-electron chi connectivity index (χ4n) is 14.9. The highest BCUT2D eigenvalue weighted by molar-refractivity contribution is 6.01. The molecule has 5 heterocycles. The lowest BCUT2D eigenvalue weighted by Gasteiger charge is -2.68. The molecule has 304 valence electrons. The van der Waals surface area contributed by atoms with E-state index in [0.29, 0.717) is 83.1 Å². The van der Waals surface area contributed by atoms with Crippen LogP contribution >= 0.6 is 0 Å². The second-order valence-corrected chi connectivity index (χ2v) is 20.3. The van der Waals surface area contributed by atoms with Gasteiger partial charge >= 0.3 is 0 Å². The highest BCUT2D eigenvalue weighted by atomic mass is 16.5. The van der Waals surface area contributed by atoms with E-state index in [0.717, 1.165) is 18.4 Å². The summed E-state index contributed by atoms with van der Waals surface area (Å²) in [4.78, 5) is 31.8. The number of aliphatic hydroxyl groups excluding tert-OH is 2. The normalized spacial score (nSPS) is 54.7. The second-order valence-electron chi connectivity index (χ2n) is 20.3. The van der Waals surface area contributed by atoms with Crippen molar-refractivity contribution in [1.82, 2.24) is 10.2 Å². The fraction of sp³-hybridized carbons (Fsp3) is 0.822. The minimum absolute atomic E-state index is 0.0547. The van der Waals surface area contributed by atoms with E-state index in [1.165, 1.54) is 0 Å². The number of hydrogen-bond acceptors (Lipinski definition) is 10. The van der Waals surface area contributed by atoms with Crippen molar-refractivity contribution >= 4 is 11.7 Å². The van der Waals surface area contributed by atoms with Crippen LogP contribution in [0.15, 0.2) is 11.1 Å². The molecule has 0 aromatic heterocycles. The number of ether oxygens (including phenoxy) is 3. The van der Waals surface area contributed by atoms with Gasteiger partial charge in [0.2, 0.25) is 5.91 Å². The average molecular weight is 773 g/mol. The second kappa shape index (κ2) is 12.1. The third kappa shape index (κ3) is 4.40. The zero-order valence-corrected chi connectivity index (χ0v) is 33.7. The smallest absolute Gasteiger partial charge is 0.244 e. The van der Waals surface area contributed by atoms with Gasteiger partial charge in [0.05, 0.1) is 34.7 Å². The van der Waals surface area contributed by atoms with E-state index in [2.05, 4.69) is 35.9 Å². The standard InChI is InChI=1S/C45H60N2O9/c1-25-30-23-43-14-7-15-44(41(4,52)36(49)33(25)56-34(30)37(50)46-43)22-26-10-11-29-32(48)31-21-28(55-20-8-19-54-5)12-16-39(31,2)42(13-6-9-27-24-47(27)38(43)51)18-17-40(44,3)45(26,53)35(29)42/h25-28,30-31,33-34,36-37,46,49-50,52-53H,8-12,14,16-24H2,1-5H3/t25-,26+,27-,28+,30-,31+,33+,34+,36-,37+,39+,40-,41-,42+,43-,44+,45-,47?/m1/s1. The van der Waals surface area contributed by atoms with Crippen molar-refractivity contribution in [3.63, 3.8) is 0 Å². The summed E-state index contributed by atoms with van der Waals surface area (Å²) in [5, 5.41) is 54.8. The molecule has 6 aliphatic carbocycles. The topological polar surface area (TPSA) is 158 Å². The molecule has 3 spiro atoms. The third-order valence-corrected chi connectivity index (χ3v) is 18.2. The largest absolute Gasteiger partial charge is 0.387 e. The van der Waals surface area contributed by atoms with Crippen LogP contribution in [0.1, 0.15) is 105 Å². The molecule has 0 radical (unpaired) electrons. The molecule has 5 aliphatic heterocycles. The Morgan fingerprint density at radius 1 is 1.00 bits per heavy atom. The molecule has 7 bridgehead atoms. The van der Waals surface area contributed by atoms with Crippen LogP contribution in [0.5, 0.6) is 0 Å². The van der Waals surface area contributed by atoms with Crippen LogP contribution in [-0.2, 0) is 23.8 Å². The molecule has 11 rings (SSSR count). The number of amides is 1. The molecule has 0 aromatic rings. The number of ketones is 1. The number of methoxy groups -OCH3 is 1. The number of piperidine rings is 1. The van der Waals surface area contributed by atoms with E-state index >= 15 is 4.79 Å². The first-order valence-corrected chi connectivity index (χ1v) is 21.5. The molecular formula is C45H60N2O9. The maximum absolute atomic E-state index is 15.1. The highest BCUT2D eigenvalue weighted by Gasteiger charge is 2.82. The first-order chi connectivity index (χ1) is 26.6. The summed E-state index contributed by atoms with van der Waals surface area (Å²) in [5.74, 6) is 13.3. The van der Waals surface area contributed by atoms with Gasteiger partial charge in [-0.2, -0.15) is 0 Å². The summed E-state index contributed by atoms with van der Waals surface area (Å²) < 4.78 is 18.2. The zero-order valence-electron chi connectivity index (χ0n) is 33.7. The summed E-state index contributed by atoms with van der Waals surface area (Å²) >= 11 is 0. The van der Waals surface area contributed by atoms with Crippen molar-refractivity contribution in [2.24, 2.45) is 45.3 Å². The Kier molecular flexibility index (Phi) is 8.22. The van der Waals surface area contributed by atoms with Gasteiger partial charge < -0.3 is 39.5 Å². The number of carbonyl (C=O) groups is 2. The summed E-state index contributed by atoms with van der Waals surface area (Å²) in [6.45, 7) is 9.65. The first-order valence-electron chi connectivity index (χ1n) is 21.5. The molecule has 11 heteroatoms. The van der Waals surface area contributed by atoms with Crippen molar-refractivity contribution in [2.45, 2.75) is 158 Å². The number of fused-ring (bicyclic) bond motifs is 4. The number of nitrogens with one attached hydrogen (secondary N) is 1. The van der Waals surface area contributed by atoms with Gasteiger partial charge in [-0.15, -0.1) is 11.8 Å². The van der Waals surface area contributed by atoms with Crippen LogP contribution < -0.4 is 5.32 Å². The lowest BCUT2D eigenvalue weighted by Crippen LogP contribution is -2.71. The number of nitrogens with zero attached hydrogens (tertiary/aromatic N) is 1. The molecule has 1 amide bonds. The van der Waals surface area contributed by atoms with Crippen LogP contribution in [0, 0.1) is 69.0 Å².